The van der Waals surface area contributed by atoms with Crippen molar-refractivity contribution in [1.82, 2.24) is 4.90 Å². The number of hydrogen-bond acceptors (Lipinski definition) is 3. The van der Waals surface area contributed by atoms with Gasteiger partial charge in [-0.2, -0.15) is 0 Å². The van der Waals surface area contributed by atoms with Gasteiger partial charge in [0.2, 0.25) is 0 Å². The van der Waals surface area contributed by atoms with Gasteiger partial charge in [0.05, 0.1) is 0 Å². The monoisotopic (exact) mass is 269 g/mol. The smallest absolute Gasteiger partial charge is 0.140 e. The van der Waals surface area contributed by atoms with Crippen LogP contribution in [0.5, 0.6) is 0 Å². The molecule has 0 aliphatic heterocycles. The number of hydrogen-bond donors (Lipinski definition) is 2. The van der Waals surface area contributed by atoms with Crippen LogP contribution in [0, 0.1) is 0 Å². The van der Waals surface area contributed by atoms with Crippen molar-refractivity contribution in [2.75, 3.05) is 7.05 Å². The van der Waals surface area contributed by atoms with E-state index in [4.69, 9.17) is 22.5 Å². The fraction of sp³-hybridized carbons (Fsp3) is 0.462. The highest BCUT2D eigenvalue weighted by Gasteiger charge is 2.19. The van der Waals surface area contributed by atoms with Gasteiger partial charge in [0, 0.05) is 23.5 Å². The maximum absolute atomic E-state index is 8.59. The van der Waals surface area contributed by atoms with Gasteiger partial charge in [-0.05, 0) is 32.5 Å². The largest absolute Gasteiger partial charge is 0.409 e. The van der Waals surface area contributed by atoms with Gasteiger partial charge in [0.25, 0.3) is 0 Å². The molecule has 0 spiro atoms. The summed E-state index contributed by atoms with van der Waals surface area (Å²) in [5.74, 6) is 0.237. The van der Waals surface area contributed by atoms with Crippen LogP contribution in [-0.4, -0.2) is 29.0 Å². The Kier molecular flexibility index (Phi) is 5.44. The molecule has 0 amide bonds. The van der Waals surface area contributed by atoms with E-state index in [1.54, 1.807) is 0 Å². The first-order valence-corrected chi connectivity index (χ1v) is 6.28. The van der Waals surface area contributed by atoms with E-state index in [1.165, 1.54) is 0 Å². The highest BCUT2D eigenvalue weighted by molar-refractivity contribution is 6.31. The van der Waals surface area contributed by atoms with Gasteiger partial charge in [-0.3, -0.25) is 4.90 Å². The first kappa shape index (κ1) is 14.8. The van der Waals surface area contributed by atoms with E-state index in [0.29, 0.717) is 6.42 Å². The predicted molar refractivity (Wildman–Crippen MR) is 75.1 cm³/mol. The second kappa shape index (κ2) is 6.61. The third-order valence-corrected chi connectivity index (χ3v) is 3.64. The predicted octanol–water partition coefficient (Wildman–Crippen LogP) is 2.86. The molecule has 0 aromatic heterocycles. The van der Waals surface area contributed by atoms with E-state index in [0.717, 1.165) is 10.6 Å². The van der Waals surface area contributed by atoms with Crippen molar-refractivity contribution in [3.05, 3.63) is 34.9 Å². The second-order valence-electron chi connectivity index (χ2n) is 4.51. The molecule has 2 unspecified atom stereocenters. The van der Waals surface area contributed by atoms with Crippen molar-refractivity contribution in [1.29, 1.82) is 0 Å². The molecule has 1 rings (SSSR count). The number of nitrogens with two attached hydrogens (primary N) is 1. The van der Waals surface area contributed by atoms with Crippen LogP contribution in [0.4, 0.5) is 0 Å². The zero-order valence-corrected chi connectivity index (χ0v) is 11.7. The minimum absolute atomic E-state index is 0.159. The molecular weight excluding hydrogens is 250 g/mol. The minimum Gasteiger partial charge on any atom is -0.409 e. The van der Waals surface area contributed by atoms with E-state index in [9.17, 15) is 0 Å². The molecular formula is C13H20ClN3O. The lowest BCUT2D eigenvalue weighted by Gasteiger charge is -2.31. The number of amidine groups is 1. The topological polar surface area (TPSA) is 61.9 Å². The van der Waals surface area contributed by atoms with Gasteiger partial charge >= 0.3 is 0 Å². The van der Waals surface area contributed by atoms with Crippen molar-refractivity contribution in [2.24, 2.45) is 10.9 Å². The zero-order valence-electron chi connectivity index (χ0n) is 11.0. The van der Waals surface area contributed by atoms with Crippen LogP contribution >= 0.6 is 11.6 Å². The summed E-state index contributed by atoms with van der Waals surface area (Å²) < 4.78 is 0. The van der Waals surface area contributed by atoms with Crippen molar-refractivity contribution >= 4 is 17.4 Å². The molecule has 0 bridgehead atoms. The van der Waals surface area contributed by atoms with Gasteiger partial charge in [0.1, 0.15) is 5.84 Å². The Morgan fingerprint density at radius 3 is 2.61 bits per heavy atom. The molecule has 0 saturated heterocycles. The minimum atomic E-state index is 0.159. The standard InChI is InChI=1S/C13H20ClN3O/c1-9(8-13(15)16-18)17(3)10(2)11-6-4-5-7-12(11)14/h4-7,9-10,18H,8H2,1-3H3,(H2,15,16). The molecule has 4 nitrogen and oxygen atoms in total. The summed E-state index contributed by atoms with van der Waals surface area (Å²) in [7, 11) is 2.00. The lowest BCUT2D eigenvalue weighted by Crippen LogP contribution is -2.35. The lowest BCUT2D eigenvalue weighted by molar-refractivity contribution is 0.200. The fourth-order valence-electron chi connectivity index (χ4n) is 1.90. The molecule has 18 heavy (non-hydrogen) atoms. The van der Waals surface area contributed by atoms with Gasteiger partial charge in [0.15, 0.2) is 0 Å². The van der Waals surface area contributed by atoms with Crippen LogP contribution in [0.25, 0.3) is 0 Å². The van der Waals surface area contributed by atoms with Crippen LogP contribution in [0.15, 0.2) is 29.4 Å². The van der Waals surface area contributed by atoms with Gasteiger partial charge in [-0.15, -0.1) is 0 Å². The van der Waals surface area contributed by atoms with Crippen molar-refractivity contribution in [3.8, 4) is 0 Å². The first-order valence-electron chi connectivity index (χ1n) is 5.90. The van der Waals surface area contributed by atoms with E-state index in [1.807, 2.05) is 38.2 Å². The van der Waals surface area contributed by atoms with E-state index in [-0.39, 0.29) is 17.9 Å². The summed E-state index contributed by atoms with van der Waals surface area (Å²) >= 11 is 6.19. The van der Waals surface area contributed by atoms with Crippen LogP contribution < -0.4 is 5.73 Å². The van der Waals surface area contributed by atoms with Crippen LogP contribution in [0.1, 0.15) is 31.9 Å². The van der Waals surface area contributed by atoms with Gasteiger partial charge in [-0.1, -0.05) is 35.0 Å². The normalized spacial score (nSPS) is 15.7. The quantitative estimate of drug-likeness (QED) is 0.374. The summed E-state index contributed by atoms with van der Waals surface area (Å²) in [6, 6.07) is 8.11. The number of oxime groups is 1. The summed E-state index contributed by atoms with van der Waals surface area (Å²) in [4.78, 5) is 2.15. The molecule has 0 radical (unpaired) electrons. The second-order valence-corrected chi connectivity index (χ2v) is 4.91. The lowest BCUT2D eigenvalue weighted by atomic mass is 10.0. The fourth-order valence-corrected chi connectivity index (χ4v) is 2.20. The highest BCUT2D eigenvalue weighted by Crippen LogP contribution is 2.27. The maximum Gasteiger partial charge on any atom is 0.140 e. The van der Waals surface area contributed by atoms with Crippen molar-refractivity contribution in [2.45, 2.75) is 32.4 Å². The Balaban J connectivity index is 2.78. The molecule has 1 aromatic carbocycles. The maximum atomic E-state index is 8.59. The summed E-state index contributed by atoms with van der Waals surface area (Å²) in [6.45, 7) is 4.12. The van der Waals surface area contributed by atoms with E-state index < -0.39 is 0 Å². The molecule has 0 fully saturated rings. The summed E-state index contributed by atoms with van der Waals surface area (Å²) in [5, 5.41) is 12.3. The molecule has 0 aliphatic carbocycles. The molecule has 0 aliphatic rings. The third-order valence-electron chi connectivity index (χ3n) is 3.29. The van der Waals surface area contributed by atoms with Crippen LogP contribution in [0.3, 0.4) is 0 Å². The van der Waals surface area contributed by atoms with E-state index >= 15 is 0 Å². The van der Waals surface area contributed by atoms with E-state index in [2.05, 4.69) is 17.0 Å². The molecule has 1 aromatic rings. The Labute approximate surface area is 113 Å². The SMILES string of the molecule is CC(CC(N)=NO)N(C)C(C)c1ccccc1Cl. The van der Waals surface area contributed by atoms with Crippen molar-refractivity contribution < 1.29 is 5.21 Å². The third kappa shape index (κ3) is 3.62. The number of rotatable bonds is 5. The van der Waals surface area contributed by atoms with Crippen molar-refractivity contribution in [3.63, 3.8) is 0 Å². The molecule has 0 heterocycles. The number of halogens is 1. The molecule has 5 heteroatoms. The van der Waals surface area contributed by atoms with Crippen LogP contribution in [-0.2, 0) is 0 Å². The van der Waals surface area contributed by atoms with Crippen LogP contribution in [0.2, 0.25) is 5.02 Å². The molecule has 2 atom stereocenters. The number of nitrogens with zero attached hydrogens (tertiary/aromatic N) is 2. The number of benzene rings is 1. The average molecular weight is 270 g/mol. The molecule has 100 valence electrons. The first-order chi connectivity index (χ1) is 8.47. The highest BCUT2D eigenvalue weighted by atomic mass is 35.5. The summed E-state index contributed by atoms with van der Waals surface area (Å²) in [6.07, 6.45) is 0.516. The van der Waals surface area contributed by atoms with Gasteiger partial charge in [-0.25, -0.2) is 0 Å². The molecule has 0 saturated carbocycles. The Morgan fingerprint density at radius 2 is 2.06 bits per heavy atom. The Hall–Kier alpha value is -1.26. The summed E-state index contributed by atoms with van der Waals surface area (Å²) in [5.41, 5.74) is 6.60. The Morgan fingerprint density at radius 1 is 1.44 bits per heavy atom. The molecule has 3 N–H and O–H groups in total. The Bertz CT molecular complexity index is 422. The average Bonchev–Trinajstić information content (AvgIpc) is 2.37. The van der Waals surface area contributed by atoms with Gasteiger partial charge < -0.3 is 10.9 Å². The zero-order chi connectivity index (χ0) is 13.7.